The fourth-order valence-corrected chi connectivity index (χ4v) is 2.87. The van der Waals surface area contributed by atoms with Crippen LogP contribution in [-0.4, -0.2) is 0 Å². The van der Waals surface area contributed by atoms with E-state index in [9.17, 15) is 4.79 Å². The van der Waals surface area contributed by atoms with Crippen LogP contribution in [0.4, 0.5) is 5.69 Å². The Morgan fingerprint density at radius 2 is 1.74 bits per heavy atom. The molecule has 0 radical (unpaired) electrons. The molecule has 4 heteroatoms. The van der Waals surface area contributed by atoms with Crippen molar-refractivity contribution in [2.24, 2.45) is 0 Å². The first kappa shape index (κ1) is 15.6. The number of benzene rings is 2. The topological polar surface area (TPSA) is 42.2 Å². The molecule has 3 aromatic rings. The van der Waals surface area contributed by atoms with E-state index in [1.54, 1.807) is 6.07 Å². The third-order valence-corrected chi connectivity index (χ3v) is 4.34. The molecule has 1 heterocycles. The van der Waals surface area contributed by atoms with Gasteiger partial charge in [0.25, 0.3) is 0 Å². The number of hydrogen-bond donors (Lipinski definition) is 1. The molecule has 118 valence electrons. The van der Waals surface area contributed by atoms with E-state index in [0.717, 1.165) is 27.8 Å². The second kappa shape index (κ2) is 6.09. The van der Waals surface area contributed by atoms with Gasteiger partial charge >= 0.3 is 5.63 Å². The van der Waals surface area contributed by atoms with E-state index in [0.29, 0.717) is 17.2 Å². The Hall–Kier alpha value is -2.26. The molecule has 0 fully saturated rings. The number of nitrogens with one attached hydrogen (secondary N) is 1. The Labute approximate surface area is 139 Å². The fraction of sp³-hybridized carbons (Fsp3) is 0.211. The van der Waals surface area contributed by atoms with Crippen LogP contribution in [0.3, 0.4) is 0 Å². The van der Waals surface area contributed by atoms with Crippen molar-refractivity contribution in [2.45, 2.75) is 27.3 Å². The van der Waals surface area contributed by atoms with Crippen molar-refractivity contribution in [2.75, 3.05) is 5.32 Å². The number of anilines is 1. The fourth-order valence-electron chi connectivity index (χ4n) is 2.65. The van der Waals surface area contributed by atoms with E-state index in [-0.39, 0.29) is 5.63 Å². The first-order chi connectivity index (χ1) is 10.9. The lowest BCUT2D eigenvalue weighted by atomic mass is 10.0. The van der Waals surface area contributed by atoms with Gasteiger partial charge in [-0.15, -0.1) is 0 Å². The van der Waals surface area contributed by atoms with E-state index < -0.39 is 0 Å². The monoisotopic (exact) mass is 327 g/mol. The zero-order valence-corrected chi connectivity index (χ0v) is 14.1. The molecule has 1 aromatic heterocycles. The van der Waals surface area contributed by atoms with E-state index in [1.807, 2.05) is 38.1 Å². The predicted octanol–water partition coefficient (Wildman–Crippen LogP) is 4.98. The molecule has 0 saturated carbocycles. The number of aryl methyl sites for hydroxylation is 3. The lowest BCUT2D eigenvalue weighted by molar-refractivity contribution is 0.559. The van der Waals surface area contributed by atoms with Crippen molar-refractivity contribution in [3.8, 4) is 0 Å². The Bertz CT molecular complexity index is 944. The van der Waals surface area contributed by atoms with Gasteiger partial charge in [0.05, 0.1) is 0 Å². The van der Waals surface area contributed by atoms with Gasteiger partial charge in [-0.1, -0.05) is 11.6 Å². The standard InChI is InChI=1S/C19H18ClNO2/c1-11-7-16-14(9-19(22)23-18(16)8-12(11)2)10-21-17-5-4-15(20)6-13(17)3/h4-9,21H,10H2,1-3H3. The van der Waals surface area contributed by atoms with E-state index in [1.165, 1.54) is 5.56 Å². The number of fused-ring (bicyclic) bond motifs is 1. The lowest BCUT2D eigenvalue weighted by Gasteiger charge is -2.12. The Balaban J connectivity index is 1.99. The summed E-state index contributed by atoms with van der Waals surface area (Å²) in [6.07, 6.45) is 0. The van der Waals surface area contributed by atoms with Crippen LogP contribution in [0.5, 0.6) is 0 Å². The van der Waals surface area contributed by atoms with Crippen molar-refractivity contribution >= 4 is 28.3 Å². The highest BCUT2D eigenvalue weighted by molar-refractivity contribution is 6.30. The quantitative estimate of drug-likeness (QED) is 0.689. The highest BCUT2D eigenvalue weighted by Gasteiger charge is 2.08. The van der Waals surface area contributed by atoms with Crippen LogP contribution in [-0.2, 0) is 6.54 Å². The van der Waals surface area contributed by atoms with Crippen LogP contribution in [0.2, 0.25) is 5.02 Å². The van der Waals surface area contributed by atoms with Gasteiger partial charge in [-0.3, -0.25) is 0 Å². The van der Waals surface area contributed by atoms with Gasteiger partial charge in [-0.25, -0.2) is 4.79 Å². The maximum Gasteiger partial charge on any atom is 0.336 e. The molecular formula is C19H18ClNO2. The number of rotatable bonds is 3. The molecular weight excluding hydrogens is 310 g/mol. The number of halogens is 1. The van der Waals surface area contributed by atoms with Gasteiger partial charge in [0.15, 0.2) is 0 Å². The Kier molecular flexibility index (Phi) is 4.14. The average molecular weight is 328 g/mol. The summed E-state index contributed by atoms with van der Waals surface area (Å²) in [4.78, 5) is 11.8. The van der Waals surface area contributed by atoms with Gasteiger partial charge < -0.3 is 9.73 Å². The maximum atomic E-state index is 11.8. The van der Waals surface area contributed by atoms with Crippen LogP contribution in [0.25, 0.3) is 11.0 Å². The second-order valence-electron chi connectivity index (χ2n) is 5.84. The summed E-state index contributed by atoms with van der Waals surface area (Å²) in [5.74, 6) is 0. The zero-order chi connectivity index (χ0) is 16.6. The summed E-state index contributed by atoms with van der Waals surface area (Å²) in [5, 5.41) is 5.05. The predicted molar refractivity (Wildman–Crippen MR) is 95.5 cm³/mol. The normalized spacial score (nSPS) is 11.0. The molecule has 0 atom stereocenters. The van der Waals surface area contributed by atoms with Crippen molar-refractivity contribution in [3.63, 3.8) is 0 Å². The molecule has 23 heavy (non-hydrogen) atoms. The lowest BCUT2D eigenvalue weighted by Crippen LogP contribution is -2.07. The number of hydrogen-bond acceptors (Lipinski definition) is 3. The third-order valence-electron chi connectivity index (χ3n) is 4.10. The third kappa shape index (κ3) is 3.25. The average Bonchev–Trinajstić information content (AvgIpc) is 2.48. The second-order valence-corrected chi connectivity index (χ2v) is 6.27. The van der Waals surface area contributed by atoms with Crippen molar-refractivity contribution in [1.82, 2.24) is 0 Å². The summed E-state index contributed by atoms with van der Waals surface area (Å²) < 4.78 is 5.33. The van der Waals surface area contributed by atoms with E-state index in [4.69, 9.17) is 16.0 Å². The van der Waals surface area contributed by atoms with Crippen LogP contribution in [0, 0.1) is 20.8 Å². The molecule has 0 aliphatic carbocycles. The largest absolute Gasteiger partial charge is 0.423 e. The molecule has 0 aliphatic rings. The molecule has 3 rings (SSSR count). The van der Waals surface area contributed by atoms with Crippen LogP contribution < -0.4 is 10.9 Å². The van der Waals surface area contributed by atoms with E-state index >= 15 is 0 Å². The summed E-state index contributed by atoms with van der Waals surface area (Å²) in [6.45, 7) is 6.61. The minimum absolute atomic E-state index is 0.328. The van der Waals surface area contributed by atoms with Crippen LogP contribution in [0.15, 0.2) is 45.6 Å². The summed E-state index contributed by atoms with van der Waals surface area (Å²) in [7, 11) is 0. The Morgan fingerprint density at radius 3 is 2.48 bits per heavy atom. The first-order valence-electron chi connectivity index (χ1n) is 7.48. The smallest absolute Gasteiger partial charge is 0.336 e. The molecule has 0 aliphatic heterocycles. The Morgan fingerprint density at radius 1 is 1.00 bits per heavy atom. The molecule has 1 N–H and O–H groups in total. The highest BCUT2D eigenvalue weighted by atomic mass is 35.5. The van der Waals surface area contributed by atoms with Gasteiger partial charge in [0, 0.05) is 28.7 Å². The molecule has 0 spiro atoms. The molecule has 3 nitrogen and oxygen atoms in total. The van der Waals surface area contributed by atoms with Crippen molar-refractivity contribution in [1.29, 1.82) is 0 Å². The molecule has 0 unspecified atom stereocenters. The van der Waals surface area contributed by atoms with Gasteiger partial charge in [0.1, 0.15) is 5.58 Å². The summed E-state index contributed by atoms with van der Waals surface area (Å²) in [6, 6.07) is 11.2. The SMILES string of the molecule is Cc1cc2oc(=O)cc(CNc3ccc(Cl)cc3C)c2cc1C. The van der Waals surface area contributed by atoms with Crippen molar-refractivity contribution < 1.29 is 4.42 Å². The van der Waals surface area contributed by atoms with Crippen LogP contribution in [0.1, 0.15) is 22.3 Å². The first-order valence-corrected chi connectivity index (χ1v) is 7.86. The molecule has 0 bridgehead atoms. The molecule has 0 saturated heterocycles. The molecule has 2 aromatic carbocycles. The van der Waals surface area contributed by atoms with E-state index in [2.05, 4.69) is 18.3 Å². The minimum atomic E-state index is -0.328. The summed E-state index contributed by atoms with van der Waals surface area (Å²) >= 11 is 5.98. The molecule has 0 amide bonds. The zero-order valence-electron chi connectivity index (χ0n) is 13.4. The van der Waals surface area contributed by atoms with Gasteiger partial charge in [0.2, 0.25) is 0 Å². The van der Waals surface area contributed by atoms with Crippen molar-refractivity contribution in [3.05, 3.63) is 74.1 Å². The van der Waals surface area contributed by atoms with Gasteiger partial charge in [-0.2, -0.15) is 0 Å². The highest BCUT2D eigenvalue weighted by Crippen LogP contribution is 2.24. The van der Waals surface area contributed by atoms with Gasteiger partial charge in [-0.05, 0) is 73.4 Å². The maximum absolute atomic E-state index is 11.8. The van der Waals surface area contributed by atoms with Crippen LogP contribution >= 0.6 is 11.6 Å². The summed E-state index contributed by atoms with van der Waals surface area (Å²) in [5.41, 5.74) is 5.58. The minimum Gasteiger partial charge on any atom is -0.423 e.